The van der Waals surface area contributed by atoms with E-state index in [9.17, 15) is 17.2 Å². The summed E-state index contributed by atoms with van der Waals surface area (Å²) < 4.78 is 62.7. The van der Waals surface area contributed by atoms with Crippen molar-refractivity contribution >= 4 is 47.6 Å². The van der Waals surface area contributed by atoms with Crippen LogP contribution in [-0.2, 0) is 10.0 Å². The molecule has 1 heterocycles. The number of ether oxygens (including phenoxy) is 2. The highest BCUT2D eigenvalue weighted by Crippen LogP contribution is 2.51. The van der Waals surface area contributed by atoms with Crippen molar-refractivity contribution in [2.24, 2.45) is 0 Å². The molecule has 10 heteroatoms. The smallest absolute Gasteiger partial charge is 0.395 e. The van der Waals surface area contributed by atoms with E-state index in [2.05, 4.69) is 46.1 Å². The van der Waals surface area contributed by atoms with Crippen molar-refractivity contribution in [1.29, 1.82) is 0 Å². The lowest BCUT2D eigenvalue weighted by Crippen LogP contribution is -2.26. The maximum absolute atomic E-state index is 13.2. The number of hydrogen-bond donors (Lipinski definition) is 1. The number of sulfonamides is 1. The summed E-state index contributed by atoms with van der Waals surface area (Å²) in [7, 11) is -3.92. The molecule has 128 valence electrons. The van der Waals surface area contributed by atoms with E-state index in [1.54, 1.807) is 12.1 Å². The van der Waals surface area contributed by atoms with E-state index in [1.165, 1.54) is 18.2 Å². The van der Waals surface area contributed by atoms with Gasteiger partial charge in [0.15, 0.2) is 11.5 Å². The predicted molar refractivity (Wildman–Crippen MR) is 90.0 cm³/mol. The van der Waals surface area contributed by atoms with E-state index in [0.717, 1.165) is 5.56 Å². The molecule has 0 bridgehead atoms. The van der Waals surface area contributed by atoms with Gasteiger partial charge in [-0.3, -0.25) is 4.72 Å². The standard InChI is InChI=1S/C14H9Br2F2NO4S/c1-7-2-4-8(5-3-7)24(20,21)19-12-9(15)6-10-13(11(12)16)23-14(17,18)22-10/h2-6,19H,1H3. The highest BCUT2D eigenvalue weighted by atomic mass is 79.9. The normalized spacial score (nSPS) is 15.4. The van der Waals surface area contributed by atoms with Crippen molar-refractivity contribution in [2.75, 3.05) is 4.72 Å². The van der Waals surface area contributed by atoms with E-state index in [1.807, 2.05) is 6.92 Å². The van der Waals surface area contributed by atoms with Gasteiger partial charge in [0.2, 0.25) is 0 Å². The lowest BCUT2D eigenvalue weighted by atomic mass is 10.2. The van der Waals surface area contributed by atoms with Crippen molar-refractivity contribution in [3.8, 4) is 11.5 Å². The molecular formula is C14H9Br2F2NO4S. The quantitative estimate of drug-likeness (QED) is 0.689. The largest absolute Gasteiger partial charge is 0.586 e. The molecule has 0 unspecified atom stereocenters. The van der Waals surface area contributed by atoms with E-state index < -0.39 is 16.3 Å². The van der Waals surface area contributed by atoms with Gasteiger partial charge < -0.3 is 9.47 Å². The van der Waals surface area contributed by atoms with Gasteiger partial charge in [0, 0.05) is 10.5 Å². The Hall–Kier alpha value is -1.39. The molecule has 0 spiro atoms. The molecule has 0 radical (unpaired) electrons. The molecule has 3 rings (SSSR count). The van der Waals surface area contributed by atoms with Gasteiger partial charge in [-0.25, -0.2) is 8.42 Å². The van der Waals surface area contributed by atoms with E-state index in [0.29, 0.717) is 0 Å². The van der Waals surface area contributed by atoms with Crippen molar-refractivity contribution in [1.82, 2.24) is 0 Å². The second-order valence-electron chi connectivity index (χ2n) is 4.96. The molecule has 0 aliphatic carbocycles. The van der Waals surface area contributed by atoms with E-state index in [4.69, 9.17) is 0 Å². The molecule has 0 aromatic heterocycles. The number of alkyl halides is 2. The van der Waals surface area contributed by atoms with Gasteiger partial charge in [0.25, 0.3) is 10.0 Å². The van der Waals surface area contributed by atoms with E-state index in [-0.39, 0.29) is 31.0 Å². The number of nitrogens with one attached hydrogen (secondary N) is 1. The first kappa shape index (κ1) is 17.4. The van der Waals surface area contributed by atoms with E-state index >= 15 is 0 Å². The van der Waals surface area contributed by atoms with Gasteiger partial charge in [0.1, 0.15) is 0 Å². The van der Waals surface area contributed by atoms with Crippen LogP contribution in [0.5, 0.6) is 11.5 Å². The Balaban J connectivity index is 2.01. The number of fused-ring (bicyclic) bond motifs is 1. The lowest BCUT2D eigenvalue weighted by Gasteiger charge is -2.13. The molecule has 5 nitrogen and oxygen atoms in total. The maximum atomic E-state index is 13.2. The highest BCUT2D eigenvalue weighted by molar-refractivity contribution is 9.11. The molecule has 24 heavy (non-hydrogen) atoms. The Labute approximate surface area is 153 Å². The summed E-state index contributed by atoms with van der Waals surface area (Å²) in [6, 6.07) is 7.40. The van der Waals surface area contributed by atoms with Crippen LogP contribution in [0.3, 0.4) is 0 Å². The van der Waals surface area contributed by atoms with Gasteiger partial charge in [-0.05, 0) is 50.9 Å². The zero-order valence-electron chi connectivity index (χ0n) is 11.9. The van der Waals surface area contributed by atoms with Gasteiger partial charge in [-0.2, -0.15) is 0 Å². The summed E-state index contributed by atoms with van der Waals surface area (Å²) in [4.78, 5) is 0.0369. The van der Waals surface area contributed by atoms with Gasteiger partial charge in [-0.15, -0.1) is 8.78 Å². The third-order valence-electron chi connectivity index (χ3n) is 3.16. The van der Waals surface area contributed by atoms with Crippen molar-refractivity contribution < 1.29 is 26.7 Å². The lowest BCUT2D eigenvalue weighted by molar-refractivity contribution is -0.286. The third kappa shape index (κ3) is 3.22. The van der Waals surface area contributed by atoms with Crippen LogP contribution in [0.15, 0.2) is 44.2 Å². The second kappa shape index (κ2) is 5.85. The predicted octanol–water partition coefficient (Wildman–Crippen LogP) is 4.64. The summed E-state index contributed by atoms with van der Waals surface area (Å²) in [6.45, 7) is 1.83. The maximum Gasteiger partial charge on any atom is 0.586 e. The van der Waals surface area contributed by atoms with Crippen LogP contribution in [-0.4, -0.2) is 14.7 Å². The second-order valence-corrected chi connectivity index (χ2v) is 8.29. The number of halogens is 4. The van der Waals surface area contributed by atoms with Crippen molar-refractivity contribution in [3.63, 3.8) is 0 Å². The fourth-order valence-corrected chi connectivity index (χ4v) is 4.74. The molecule has 1 aliphatic rings. The molecule has 2 aromatic carbocycles. The number of benzene rings is 2. The summed E-state index contributed by atoms with van der Waals surface area (Å²) in [5.41, 5.74) is 0.928. The molecule has 2 aromatic rings. The first-order valence-corrected chi connectivity index (χ1v) is 9.53. The first-order chi connectivity index (χ1) is 11.1. The zero-order valence-corrected chi connectivity index (χ0v) is 15.9. The molecule has 1 aliphatic heterocycles. The summed E-state index contributed by atoms with van der Waals surface area (Å²) in [6.07, 6.45) is -3.81. The van der Waals surface area contributed by atoms with Crippen LogP contribution in [0.4, 0.5) is 14.5 Å². The van der Waals surface area contributed by atoms with Crippen LogP contribution >= 0.6 is 31.9 Å². The summed E-state index contributed by atoms with van der Waals surface area (Å²) >= 11 is 6.21. The Morgan fingerprint density at radius 1 is 1.12 bits per heavy atom. The van der Waals surface area contributed by atoms with Crippen molar-refractivity contribution in [3.05, 3.63) is 44.8 Å². The Bertz CT molecular complexity index is 917. The average Bonchev–Trinajstić information content (AvgIpc) is 2.78. The monoisotopic (exact) mass is 483 g/mol. The fourth-order valence-electron chi connectivity index (χ4n) is 2.02. The van der Waals surface area contributed by atoms with Crippen LogP contribution in [0.1, 0.15) is 5.56 Å². The molecule has 0 fully saturated rings. The topological polar surface area (TPSA) is 64.6 Å². The fraction of sp³-hybridized carbons (Fsp3) is 0.143. The Kier molecular flexibility index (Phi) is 4.25. The minimum Gasteiger partial charge on any atom is -0.395 e. The van der Waals surface area contributed by atoms with Gasteiger partial charge in [0.05, 0.1) is 15.1 Å². The van der Waals surface area contributed by atoms with Crippen LogP contribution in [0, 0.1) is 6.92 Å². The van der Waals surface area contributed by atoms with Gasteiger partial charge >= 0.3 is 6.29 Å². The molecule has 1 N–H and O–H groups in total. The molecular weight excluding hydrogens is 476 g/mol. The Morgan fingerprint density at radius 3 is 2.38 bits per heavy atom. The highest BCUT2D eigenvalue weighted by Gasteiger charge is 2.45. The minimum absolute atomic E-state index is 0.000244. The number of rotatable bonds is 3. The van der Waals surface area contributed by atoms with Crippen LogP contribution in [0.25, 0.3) is 0 Å². The van der Waals surface area contributed by atoms with Gasteiger partial charge in [-0.1, -0.05) is 17.7 Å². The van der Waals surface area contributed by atoms with Crippen LogP contribution in [0.2, 0.25) is 0 Å². The van der Waals surface area contributed by atoms with Crippen molar-refractivity contribution in [2.45, 2.75) is 18.1 Å². The summed E-state index contributed by atoms with van der Waals surface area (Å²) in [5.74, 6) is -0.498. The molecule has 0 saturated carbocycles. The SMILES string of the molecule is Cc1ccc(S(=O)(=O)Nc2c(Br)cc3c(c2Br)OC(F)(F)O3)cc1. The number of anilines is 1. The number of hydrogen-bond acceptors (Lipinski definition) is 4. The molecule has 0 amide bonds. The molecule has 0 atom stereocenters. The Morgan fingerprint density at radius 2 is 1.75 bits per heavy atom. The third-order valence-corrected chi connectivity index (χ3v) is 5.90. The summed E-state index contributed by atoms with van der Waals surface area (Å²) in [5, 5.41) is 0. The first-order valence-electron chi connectivity index (χ1n) is 6.46. The van der Waals surface area contributed by atoms with Crippen LogP contribution < -0.4 is 14.2 Å². The average molecular weight is 485 g/mol. The zero-order chi connectivity index (χ0) is 17.7. The minimum atomic E-state index is -3.92. The molecule has 0 saturated heterocycles. The number of aryl methyl sites for hydroxylation is 1.